The fourth-order valence-electron chi connectivity index (χ4n) is 2.77. The number of ether oxygens (including phenoxy) is 1. The van der Waals surface area contributed by atoms with Gasteiger partial charge in [0.25, 0.3) is 0 Å². The predicted molar refractivity (Wildman–Crippen MR) is 73.1 cm³/mol. The summed E-state index contributed by atoms with van der Waals surface area (Å²) in [4.78, 5) is 2.61. The third-order valence-electron chi connectivity index (χ3n) is 4.62. The minimum atomic E-state index is 0.0970. The SMILES string of the molecule is CO[C@@H](C)N[C@](C)(C(C)C)[C@@H](C)N1CCCC1. The zero-order chi connectivity index (χ0) is 13.1. The molecule has 1 aliphatic rings. The normalized spacial score (nSPS) is 24.9. The Labute approximate surface area is 107 Å². The third kappa shape index (κ3) is 3.43. The van der Waals surface area contributed by atoms with Crippen molar-refractivity contribution in [2.75, 3.05) is 20.2 Å². The van der Waals surface area contributed by atoms with Gasteiger partial charge in [-0.15, -0.1) is 0 Å². The molecular weight excluding hydrogens is 212 g/mol. The van der Waals surface area contributed by atoms with Crippen molar-refractivity contribution in [3.63, 3.8) is 0 Å². The van der Waals surface area contributed by atoms with E-state index in [0.717, 1.165) is 0 Å². The maximum absolute atomic E-state index is 5.38. The van der Waals surface area contributed by atoms with E-state index in [1.807, 2.05) is 0 Å². The number of rotatable bonds is 6. The highest BCUT2D eigenvalue weighted by Gasteiger charge is 2.39. The number of hydrogen-bond donors (Lipinski definition) is 1. The van der Waals surface area contributed by atoms with Gasteiger partial charge in [-0.3, -0.25) is 10.2 Å². The van der Waals surface area contributed by atoms with Crippen molar-refractivity contribution in [1.82, 2.24) is 10.2 Å². The second kappa shape index (κ2) is 6.17. The fraction of sp³-hybridized carbons (Fsp3) is 1.00. The van der Waals surface area contributed by atoms with Gasteiger partial charge in [-0.2, -0.15) is 0 Å². The van der Waals surface area contributed by atoms with Gasteiger partial charge in [-0.05, 0) is 52.6 Å². The smallest absolute Gasteiger partial charge is 0.105 e. The Morgan fingerprint density at radius 2 is 1.65 bits per heavy atom. The van der Waals surface area contributed by atoms with Gasteiger partial charge in [0.1, 0.15) is 6.23 Å². The van der Waals surface area contributed by atoms with Crippen LogP contribution in [0.5, 0.6) is 0 Å². The maximum atomic E-state index is 5.38. The highest BCUT2D eigenvalue weighted by Crippen LogP contribution is 2.27. The van der Waals surface area contributed by atoms with E-state index < -0.39 is 0 Å². The quantitative estimate of drug-likeness (QED) is 0.724. The zero-order valence-corrected chi connectivity index (χ0v) is 12.4. The van der Waals surface area contributed by atoms with Crippen LogP contribution in [0.2, 0.25) is 0 Å². The largest absolute Gasteiger partial charge is 0.367 e. The topological polar surface area (TPSA) is 24.5 Å². The molecule has 0 aromatic heterocycles. The maximum Gasteiger partial charge on any atom is 0.105 e. The van der Waals surface area contributed by atoms with E-state index in [4.69, 9.17) is 4.74 Å². The van der Waals surface area contributed by atoms with E-state index in [9.17, 15) is 0 Å². The molecule has 3 heteroatoms. The Morgan fingerprint density at radius 3 is 2.06 bits per heavy atom. The van der Waals surface area contributed by atoms with Gasteiger partial charge < -0.3 is 4.74 Å². The molecule has 1 saturated heterocycles. The first-order chi connectivity index (χ1) is 7.91. The molecule has 1 heterocycles. The average molecular weight is 242 g/mol. The molecule has 0 saturated carbocycles. The van der Waals surface area contributed by atoms with E-state index in [0.29, 0.717) is 12.0 Å². The Balaban J connectivity index is 2.74. The molecule has 0 aromatic rings. The molecule has 0 radical (unpaired) electrons. The van der Waals surface area contributed by atoms with Crippen molar-refractivity contribution in [2.24, 2.45) is 5.92 Å². The molecule has 0 amide bonds. The number of nitrogens with zero attached hydrogens (tertiary/aromatic N) is 1. The molecule has 1 aliphatic heterocycles. The predicted octanol–water partition coefficient (Wildman–Crippen LogP) is 2.47. The Morgan fingerprint density at radius 1 is 1.12 bits per heavy atom. The second-order valence-corrected chi connectivity index (χ2v) is 5.88. The summed E-state index contributed by atoms with van der Waals surface area (Å²) >= 11 is 0. The number of hydrogen-bond acceptors (Lipinski definition) is 3. The Bertz CT molecular complexity index is 226. The van der Waals surface area contributed by atoms with Crippen LogP contribution in [0.25, 0.3) is 0 Å². The summed E-state index contributed by atoms with van der Waals surface area (Å²) in [6, 6.07) is 0.544. The summed E-state index contributed by atoms with van der Waals surface area (Å²) in [6.45, 7) is 13.8. The molecule has 0 bridgehead atoms. The van der Waals surface area contributed by atoms with Gasteiger partial charge in [0, 0.05) is 18.7 Å². The highest BCUT2D eigenvalue weighted by molar-refractivity contribution is 4.97. The lowest BCUT2D eigenvalue weighted by atomic mass is 9.81. The molecule has 1 fully saturated rings. The minimum Gasteiger partial charge on any atom is -0.367 e. The molecule has 3 atom stereocenters. The third-order valence-corrected chi connectivity index (χ3v) is 4.62. The lowest BCUT2D eigenvalue weighted by Crippen LogP contribution is -2.62. The molecule has 1 rings (SSSR count). The van der Waals surface area contributed by atoms with Gasteiger partial charge in [0.2, 0.25) is 0 Å². The first kappa shape index (κ1) is 14.9. The van der Waals surface area contributed by atoms with Crippen LogP contribution in [0.4, 0.5) is 0 Å². The summed E-state index contributed by atoms with van der Waals surface area (Å²) in [5.41, 5.74) is 0.0970. The fourth-order valence-corrected chi connectivity index (χ4v) is 2.77. The summed E-state index contributed by atoms with van der Waals surface area (Å²) in [7, 11) is 1.76. The molecule has 17 heavy (non-hydrogen) atoms. The van der Waals surface area contributed by atoms with E-state index in [2.05, 4.69) is 44.8 Å². The molecule has 3 nitrogen and oxygen atoms in total. The van der Waals surface area contributed by atoms with E-state index in [-0.39, 0.29) is 11.8 Å². The number of nitrogens with one attached hydrogen (secondary N) is 1. The Kier molecular flexibility index (Phi) is 5.42. The van der Waals surface area contributed by atoms with Crippen LogP contribution < -0.4 is 5.32 Å². The lowest BCUT2D eigenvalue weighted by Gasteiger charge is -2.46. The summed E-state index contributed by atoms with van der Waals surface area (Å²) in [6.07, 6.45) is 2.80. The van der Waals surface area contributed by atoms with Crippen LogP contribution in [0, 0.1) is 5.92 Å². The first-order valence-electron chi connectivity index (χ1n) is 6.96. The molecule has 0 unspecified atom stereocenters. The molecule has 0 spiro atoms. The molecule has 0 aliphatic carbocycles. The van der Waals surface area contributed by atoms with Crippen LogP contribution in [-0.4, -0.2) is 42.9 Å². The van der Waals surface area contributed by atoms with Crippen LogP contribution in [0.1, 0.15) is 47.5 Å². The average Bonchev–Trinajstić information content (AvgIpc) is 2.80. The van der Waals surface area contributed by atoms with Crippen molar-refractivity contribution in [1.29, 1.82) is 0 Å². The van der Waals surface area contributed by atoms with Gasteiger partial charge >= 0.3 is 0 Å². The van der Waals surface area contributed by atoms with Crippen molar-refractivity contribution in [3.05, 3.63) is 0 Å². The minimum absolute atomic E-state index is 0.0970. The highest BCUT2D eigenvalue weighted by atomic mass is 16.5. The van der Waals surface area contributed by atoms with Crippen LogP contribution in [0.3, 0.4) is 0 Å². The number of likely N-dealkylation sites (tertiary alicyclic amines) is 1. The van der Waals surface area contributed by atoms with Crippen LogP contribution in [-0.2, 0) is 4.74 Å². The van der Waals surface area contributed by atoms with Crippen LogP contribution in [0.15, 0.2) is 0 Å². The van der Waals surface area contributed by atoms with E-state index in [1.54, 1.807) is 7.11 Å². The van der Waals surface area contributed by atoms with E-state index in [1.165, 1.54) is 25.9 Å². The zero-order valence-electron chi connectivity index (χ0n) is 12.4. The van der Waals surface area contributed by atoms with Crippen molar-refractivity contribution >= 4 is 0 Å². The summed E-state index contributed by atoms with van der Waals surface area (Å²) in [5, 5.41) is 3.66. The van der Waals surface area contributed by atoms with E-state index >= 15 is 0 Å². The standard InChI is InChI=1S/C14H30N2O/c1-11(2)14(5,15-13(4)17-6)12(3)16-9-7-8-10-16/h11-13,15H,7-10H2,1-6H3/t12-,13+,14-/m1/s1. The number of methoxy groups -OCH3 is 1. The van der Waals surface area contributed by atoms with Crippen LogP contribution >= 0.6 is 0 Å². The van der Waals surface area contributed by atoms with Gasteiger partial charge in [0.05, 0.1) is 0 Å². The van der Waals surface area contributed by atoms with Crippen molar-refractivity contribution in [2.45, 2.75) is 65.3 Å². The van der Waals surface area contributed by atoms with Gasteiger partial charge in [0.15, 0.2) is 0 Å². The molecule has 102 valence electrons. The molecule has 0 aromatic carbocycles. The lowest BCUT2D eigenvalue weighted by molar-refractivity contribution is 0.0133. The summed E-state index contributed by atoms with van der Waals surface area (Å²) in [5.74, 6) is 0.579. The summed E-state index contributed by atoms with van der Waals surface area (Å²) < 4.78 is 5.38. The van der Waals surface area contributed by atoms with Crippen molar-refractivity contribution < 1.29 is 4.74 Å². The molecular formula is C14H30N2O. The molecule has 1 N–H and O–H groups in total. The second-order valence-electron chi connectivity index (χ2n) is 5.88. The first-order valence-corrected chi connectivity index (χ1v) is 6.96. The van der Waals surface area contributed by atoms with Crippen molar-refractivity contribution in [3.8, 4) is 0 Å². The monoisotopic (exact) mass is 242 g/mol. The Hall–Kier alpha value is -0.120. The van der Waals surface area contributed by atoms with Gasteiger partial charge in [-0.1, -0.05) is 13.8 Å². The van der Waals surface area contributed by atoms with Gasteiger partial charge in [-0.25, -0.2) is 0 Å².